The first-order chi connectivity index (χ1) is 12.4. The molecule has 6 heteroatoms. The SMILES string of the molecule is C=CCN(Cc1cccc([N+](=O)[O-])c1)C(=O)C(C)C(N)c1ccccc1. The minimum atomic E-state index is -0.447. The van der Waals surface area contributed by atoms with E-state index in [1.807, 2.05) is 30.3 Å². The second kappa shape index (κ2) is 8.92. The van der Waals surface area contributed by atoms with Crippen LogP contribution in [0.1, 0.15) is 24.1 Å². The molecule has 2 rings (SSSR count). The lowest BCUT2D eigenvalue weighted by atomic mass is 9.94. The van der Waals surface area contributed by atoms with E-state index in [-0.39, 0.29) is 18.1 Å². The lowest BCUT2D eigenvalue weighted by Gasteiger charge is -2.28. The first-order valence-electron chi connectivity index (χ1n) is 8.37. The minimum absolute atomic E-state index is 0.00235. The lowest BCUT2D eigenvalue weighted by molar-refractivity contribution is -0.384. The summed E-state index contributed by atoms with van der Waals surface area (Å²) in [5.41, 5.74) is 7.85. The third-order valence-electron chi connectivity index (χ3n) is 4.27. The summed E-state index contributed by atoms with van der Waals surface area (Å²) in [4.78, 5) is 25.0. The van der Waals surface area contributed by atoms with Crippen LogP contribution in [0.4, 0.5) is 5.69 Å². The normalized spacial score (nSPS) is 12.8. The Hall–Kier alpha value is -2.99. The van der Waals surface area contributed by atoms with Gasteiger partial charge in [-0.15, -0.1) is 6.58 Å². The van der Waals surface area contributed by atoms with Crippen LogP contribution in [0.25, 0.3) is 0 Å². The maximum atomic E-state index is 12.9. The lowest BCUT2D eigenvalue weighted by Crippen LogP contribution is -2.39. The molecule has 0 radical (unpaired) electrons. The molecule has 136 valence electrons. The molecule has 26 heavy (non-hydrogen) atoms. The second-order valence-corrected chi connectivity index (χ2v) is 6.16. The highest BCUT2D eigenvalue weighted by Crippen LogP contribution is 2.22. The zero-order valence-corrected chi connectivity index (χ0v) is 14.7. The van der Waals surface area contributed by atoms with Crippen LogP contribution in [0.3, 0.4) is 0 Å². The number of hydrogen-bond acceptors (Lipinski definition) is 4. The first kappa shape index (κ1) is 19.3. The molecule has 0 aliphatic heterocycles. The molecule has 2 unspecified atom stereocenters. The predicted octanol–water partition coefficient (Wildman–Crippen LogP) is 3.45. The summed E-state index contributed by atoms with van der Waals surface area (Å²) < 4.78 is 0. The average molecular weight is 353 g/mol. The summed E-state index contributed by atoms with van der Waals surface area (Å²) in [7, 11) is 0. The van der Waals surface area contributed by atoms with E-state index in [9.17, 15) is 14.9 Å². The van der Waals surface area contributed by atoms with Crippen LogP contribution in [0.2, 0.25) is 0 Å². The Labute approximate surface area is 153 Å². The molecule has 0 bridgehead atoms. The van der Waals surface area contributed by atoms with Crippen LogP contribution >= 0.6 is 0 Å². The maximum absolute atomic E-state index is 12.9. The Morgan fingerprint density at radius 2 is 1.96 bits per heavy atom. The Morgan fingerprint density at radius 1 is 1.27 bits per heavy atom. The molecule has 0 spiro atoms. The van der Waals surface area contributed by atoms with Gasteiger partial charge in [0.25, 0.3) is 5.69 Å². The van der Waals surface area contributed by atoms with Crippen molar-refractivity contribution >= 4 is 11.6 Å². The van der Waals surface area contributed by atoms with E-state index in [2.05, 4.69) is 6.58 Å². The summed E-state index contributed by atoms with van der Waals surface area (Å²) in [6.07, 6.45) is 1.63. The molecule has 1 amide bonds. The monoisotopic (exact) mass is 353 g/mol. The number of nitrogens with zero attached hydrogens (tertiary/aromatic N) is 2. The molecule has 0 aliphatic carbocycles. The quantitative estimate of drug-likeness (QED) is 0.447. The van der Waals surface area contributed by atoms with E-state index in [0.717, 1.165) is 5.56 Å². The summed E-state index contributed by atoms with van der Waals surface area (Å²) in [6, 6.07) is 15.3. The Morgan fingerprint density at radius 3 is 2.58 bits per heavy atom. The summed E-state index contributed by atoms with van der Waals surface area (Å²) >= 11 is 0. The number of nitro benzene ring substituents is 1. The second-order valence-electron chi connectivity index (χ2n) is 6.16. The summed E-state index contributed by atoms with van der Waals surface area (Å²) in [5.74, 6) is -0.552. The molecule has 6 nitrogen and oxygen atoms in total. The van der Waals surface area contributed by atoms with E-state index in [0.29, 0.717) is 12.1 Å². The van der Waals surface area contributed by atoms with Crippen LogP contribution in [-0.4, -0.2) is 22.3 Å². The van der Waals surface area contributed by atoms with Crippen molar-refractivity contribution in [2.24, 2.45) is 11.7 Å². The highest BCUT2D eigenvalue weighted by Gasteiger charge is 2.26. The Balaban J connectivity index is 2.17. The number of benzene rings is 2. The van der Waals surface area contributed by atoms with E-state index in [4.69, 9.17) is 5.73 Å². The molecular weight excluding hydrogens is 330 g/mol. The van der Waals surface area contributed by atoms with Gasteiger partial charge < -0.3 is 10.6 Å². The topological polar surface area (TPSA) is 89.5 Å². The highest BCUT2D eigenvalue weighted by atomic mass is 16.6. The van der Waals surface area contributed by atoms with Crippen molar-refractivity contribution in [1.82, 2.24) is 4.90 Å². The molecule has 0 saturated carbocycles. The van der Waals surface area contributed by atoms with E-state index in [1.54, 1.807) is 30.0 Å². The zero-order valence-electron chi connectivity index (χ0n) is 14.7. The van der Waals surface area contributed by atoms with Gasteiger partial charge >= 0.3 is 0 Å². The van der Waals surface area contributed by atoms with Crippen molar-refractivity contribution < 1.29 is 9.72 Å². The van der Waals surface area contributed by atoms with Crippen molar-refractivity contribution in [3.8, 4) is 0 Å². The number of non-ortho nitro benzene ring substituents is 1. The van der Waals surface area contributed by atoms with Crippen LogP contribution in [-0.2, 0) is 11.3 Å². The van der Waals surface area contributed by atoms with Crippen LogP contribution in [0, 0.1) is 16.0 Å². The summed E-state index contributed by atoms with van der Waals surface area (Å²) in [6.45, 7) is 6.10. The van der Waals surface area contributed by atoms with Crippen LogP contribution < -0.4 is 5.73 Å². The predicted molar refractivity (Wildman–Crippen MR) is 101 cm³/mol. The van der Waals surface area contributed by atoms with E-state index < -0.39 is 16.9 Å². The largest absolute Gasteiger partial charge is 0.334 e. The van der Waals surface area contributed by atoms with E-state index >= 15 is 0 Å². The van der Waals surface area contributed by atoms with Gasteiger partial charge in [-0.25, -0.2) is 0 Å². The smallest absolute Gasteiger partial charge is 0.269 e. The molecule has 0 saturated heterocycles. The van der Waals surface area contributed by atoms with Gasteiger partial charge in [-0.2, -0.15) is 0 Å². The molecule has 2 N–H and O–H groups in total. The standard InChI is InChI=1S/C20H23N3O3/c1-3-12-22(14-16-8-7-11-18(13-16)23(25)26)20(24)15(2)19(21)17-9-5-4-6-10-17/h3-11,13,15,19H,1,12,14,21H2,2H3. The van der Waals surface area contributed by atoms with Gasteiger partial charge in [0, 0.05) is 31.3 Å². The fraction of sp³-hybridized carbons (Fsp3) is 0.250. The van der Waals surface area contributed by atoms with Crippen LogP contribution in [0.15, 0.2) is 67.3 Å². The molecule has 2 atom stereocenters. The van der Waals surface area contributed by atoms with Crippen molar-refractivity contribution in [2.75, 3.05) is 6.54 Å². The number of carbonyl (C=O) groups excluding carboxylic acids is 1. The molecular formula is C20H23N3O3. The van der Waals surface area contributed by atoms with Gasteiger partial charge in [-0.05, 0) is 11.1 Å². The number of rotatable bonds is 8. The van der Waals surface area contributed by atoms with Gasteiger partial charge in [0.05, 0.1) is 10.8 Å². The number of amides is 1. The fourth-order valence-corrected chi connectivity index (χ4v) is 2.78. The third-order valence-corrected chi connectivity index (χ3v) is 4.27. The molecule has 2 aromatic carbocycles. The zero-order chi connectivity index (χ0) is 19.1. The van der Waals surface area contributed by atoms with Crippen LogP contribution in [0.5, 0.6) is 0 Å². The Bertz CT molecular complexity index is 777. The maximum Gasteiger partial charge on any atom is 0.269 e. The number of carbonyl (C=O) groups is 1. The summed E-state index contributed by atoms with van der Waals surface area (Å²) in [5, 5.41) is 10.9. The fourth-order valence-electron chi connectivity index (χ4n) is 2.78. The number of nitro groups is 1. The average Bonchev–Trinajstić information content (AvgIpc) is 2.66. The number of hydrogen-bond donors (Lipinski definition) is 1. The van der Waals surface area contributed by atoms with E-state index in [1.165, 1.54) is 12.1 Å². The molecule has 0 fully saturated rings. The molecule has 2 aromatic rings. The van der Waals surface area contributed by atoms with Gasteiger partial charge in [0.2, 0.25) is 5.91 Å². The molecule has 0 aromatic heterocycles. The van der Waals surface area contributed by atoms with Gasteiger partial charge in [-0.1, -0.05) is 55.5 Å². The third kappa shape index (κ3) is 4.77. The molecule has 0 aliphatic rings. The Kier molecular flexibility index (Phi) is 6.63. The first-order valence-corrected chi connectivity index (χ1v) is 8.37. The minimum Gasteiger partial charge on any atom is -0.334 e. The van der Waals surface area contributed by atoms with Gasteiger partial charge in [0.1, 0.15) is 0 Å². The van der Waals surface area contributed by atoms with Gasteiger partial charge in [0.15, 0.2) is 0 Å². The van der Waals surface area contributed by atoms with Crippen molar-refractivity contribution in [3.05, 3.63) is 88.5 Å². The molecule has 0 heterocycles. The van der Waals surface area contributed by atoms with Gasteiger partial charge in [-0.3, -0.25) is 14.9 Å². The van der Waals surface area contributed by atoms with Crippen molar-refractivity contribution in [3.63, 3.8) is 0 Å². The highest BCUT2D eigenvalue weighted by molar-refractivity contribution is 5.79. The van der Waals surface area contributed by atoms with Crippen molar-refractivity contribution in [2.45, 2.75) is 19.5 Å². The number of nitrogens with two attached hydrogens (primary N) is 1. The van der Waals surface area contributed by atoms with Crippen molar-refractivity contribution in [1.29, 1.82) is 0 Å².